The lowest BCUT2D eigenvalue weighted by molar-refractivity contribution is 0.381. The minimum Gasteiger partial charge on any atom is -0.227 e. The minimum atomic E-state index is -3.32. The van der Waals surface area contributed by atoms with Gasteiger partial charge >= 0.3 is 0 Å². The fourth-order valence-corrected chi connectivity index (χ4v) is 3.35. The molecule has 1 aliphatic rings. The highest BCUT2D eigenvalue weighted by atomic mass is 32.2. The number of sulfone groups is 1. The third-order valence-electron chi connectivity index (χ3n) is 2.70. The molecule has 0 spiro atoms. The molecule has 80 valence electrons. The van der Waals surface area contributed by atoms with Gasteiger partial charge in [-0.15, -0.1) is 6.58 Å². The molecule has 1 aliphatic carbocycles. The Morgan fingerprint density at radius 1 is 1.33 bits per heavy atom. The van der Waals surface area contributed by atoms with E-state index in [1.54, 1.807) is 12.1 Å². The molecule has 1 saturated carbocycles. The van der Waals surface area contributed by atoms with Crippen LogP contribution in [0.15, 0.2) is 36.3 Å². The maximum absolute atomic E-state index is 11.9. The van der Waals surface area contributed by atoms with Gasteiger partial charge in [0, 0.05) is 12.4 Å². The Balaban J connectivity index is 2.19. The number of hydrogen-bond acceptors (Lipinski definition) is 4. The smallest absolute Gasteiger partial charge is 0.227 e. The van der Waals surface area contributed by atoms with Crippen molar-refractivity contribution >= 4 is 9.84 Å². The first kappa shape index (κ1) is 10.3. The number of allylic oxidation sites excluding steroid dienone is 1. The molecule has 0 atom stereocenters. The van der Waals surface area contributed by atoms with Crippen molar-refractivity contribution in [3.8, 4) is 0 Å². The van der Waals surface area contributed by atoms with Crippen LogP contribution in [0.3, 0.4) is 0 Å². The van der Waals surface area contributed by atoms with Crippen LogP contribution in [0.1, 0.15) is 12.8 Å². The van der Waals surface area contributed by atoms with Gasteiger partial charge < -0.3 is 0 Å². The van der Waals surface area contributed by atoms with E-state index in [-0.39, 0.29) is 10.4 Å². The normalized spacial score (nSPS) is 25.6. The van der Waals surface area contributed by atoms with E-state index in [0.29, 0.717) is 18.8 Å². The topological polar surface area (TPSA) is 59.9 Å². The predicted octanol–water partition coefficient (Wildman–Crippen LogP) is 1.21. The van der Waals surface area contributed by atoms with Gasteiger partial charge in [-0.05, 0) is 24.8 Å². The lowest BCUT2D eigenvalue weighted by Crippen LogP contribution is -2.35. The van der Waals surface area contributed by atoms with Crippen LogP contribution >= 0.6 is 0 Å². The minimum absolute atomic E-state index is 0.0579. The molecule has 0 saturated heterocycles. The fourth-order valence-electron chi connectivity index (χ4n) is 1.63. The monoisotopic (exact) mass is 224 g/mol. The van der Waals surface area contributed by atoms with Crippen molar-refractivity contribution in [2.75, 3.05) is 0 Å². The zero-order chi connectivity index (χ0) is 10.9. The van der Waals surface area contributed by atoms with Crippen molar-refractivity contribution in [2.24, 2.45) is 5.92 Å². The van der Waals surface area contributed by atoms with Crippen LogP contribution in [0.4, 0.5) is 0 Å². The van der Waals surface area contributed by atoms with Crippen molar-refractivity contribution in [3.05, 3.63) is 31.1 Å². The van der Waals surface area contributed by atoms with Gasteiger partial charge in [-0.1, -0.05) is 6.08 Å². The Kier molecular flexibility index (Phi) is 2.56. The molecule has 5 heteroatoms. The Bertz CT molecular complexity index is 450. The van der Waals surface area contributed by atoms with Gasteiger partial charge in [0.1, 0.15) is 0 Å². The first-order chi connectivity index (χ1) is 7.14. The van der Waals surface area contributed by atoms with Crippen LogP contribution in [-0.2, 0) is 9.84 Å². The Labute approximate surface area is 89.0 Å². The van der Waals surface area contributed by atoms with Crippen molar-refractivity contribution in [1.82, 2.24) is 9.97 Å². The number of aromatic nitrogens is 2. The number of nitrogens with zero attached hydrogens (tertiary/aromatic N) is 2. The first-order valence-corrected chi connectivity index (χ1v) is 6.32. The van der Waals surface area contributed by atoms with Gasteiger partial charge in [-0.3, -0.25) is 0 Å². The zero-order valence-electron chi connectivity index (χ0n) is 8.20. The van der Waals surface area contributed by atoms with E-state index in [1.165, 1.54) is 12.4 Å². The molecule has 1 heterocycles. The van der Waals surface area contributed by atoms with E-state index in [1.807, 2.05) is 0 Å². The average molecular weight is 224 g/mol. The molecule has 0 radical (unpaired) electrons. The Morgan fingerprint density at radius 3 is 2.47 bits per heavy atom. The molecule has 1 fully saturated rings. The van der Waals surface area contributed by atoms with Gasteiger partial charge in [0.05, 0.1) is 5.25 Å². The van der Waals surface area contributed by atoms with Crippen molar-refractivity contribution < 1.29 is 8.42 Å². The van der Waals surface area contributed by atoms with E-state index in [9.17, 15) is 8.42 Å². The third kappa shape index (κ3) is 1.79. The predicted molar refractivity (Wildman–Crippen MR) is 55.9 cm³/mol. The van der Waals surface area contributed by atoms with Crippen LogP contribution in [0.5, 0.6) is 0 Å². The van der Waals surface area contributed by atoms with E-state index in [0.717, 1.165) is 0 Å². The van der Waals surface area contributed by atoms with Crippen molar-refractivity contribution in [3.63, 3.8) is 0 Å². The van der Waals surface area contributed by atoms with E-state index in [4.69, 9.17) is 0 Å². The summed E-state index contributed by atoms with van der Waals surface area (Å²) in [6.45, 7) is 3.65. The highest BCUT2D eigenvalue weighted by Gasteiger charge is 2.39. The molecule has 1 aromatic heterocycles. The van der Waals surface area contributed by atoms with E-state index in [2.05, 4.69) is 16.5 Å². The lowest BCUT2D eigenvalue weighted by Gasteiger charge is -2.31. The second kappa shape index (κ2) is 3.73. The molecule has 15 heavy (non-hydrogen) atoms. The molecule has 0 N–H and O–H groups in total. The summed E-state index contributed by atoms with van der Waals surface area (Å²) < 4.78 is 23.8. The highest BCUT2D eigenvalue weighted by molar-refractivity contribution is 7.91. The molecular weight excluding hydrogens is 212 g/mol. The van der Waals surface area contributed by atoms with E-state index < -0.39 is 9.84 Å². The van der Waals surface area contributed by atoms with Gasteiger partial charge in [0.2, 0.25) is 15.0 Å². The molecule has 0 aromatic carbocycles. The maximum atomic E-state index is 11.9. The van der Waals surface area contributed by atoms with Crippen LogP contribution < -0.4 is 0 Å². The van der Waals surface area contributed by atoms with Crippen molar-refractivity contribution in [2.45, 2.75) is 23.2 Å². The highest BCUT2D eigenvalue weighted by Crippen LogP contribution is 2.35. The summed E-state index contributed by atoms with van der Waals surface area (Å²) in [5, 5.41) is -0.389. The molecule has 0 bridgehead atoms. The van der Waals surface area contributed by atoms with Crippen LogP contribution in [0.25, 0.3) is 0 Å². The second-order valence-electron chi connectivity index (χ2n) is 3.67. The summed E-state index contributed by atoms with van der Waals surface area (Å²) in [4.78, 5) is 7.56. The summed E-state index contributed by atoms with van der Waals surface area (Å²) in [5.74, 6) is 0.327. The first-order valence-electron chi connectivity index (χ1n) is 4.78. The number of hydrogen-bond donors (Lipinski definition) is 0. The lowest BCUT2D eigenvalue weighted by atomic mass is 9.85. The molecule has 4 nitrogen and oxygen atoms in total. The molecule has 0 amide bonds. The van der Waals surface area contributed by atoms with Crippen LogP contribution in [0.2, 0.25) is 0 Å². The summed E-state index contributed by atoms with van der Waals surface area (Å²) in [6.07, 6.45) is 5.99. The SMILES string of the molecule is C=C[C@H]1C[C@H](S(=O)(=O)c2ncccn2)C1. The maximum Gasteiger partial charge on any atom is 0.247 e. The van der Waals surface area contributed by atoms with Gasteiger partial charge in [-0.2, -0.15) is 0 Å². The third-order valence-corrected chi connectivity index (χ3v) is 4.68. The van der Waals surface area contributed by atoms with Crippen LogP contribution in [0, 0.1) is 5.92 Å². The largest absolute Gasteiger partial charge is 0.247 e. The summed E-state index contributed by atoms with van der Waals surface area (Å²) in [5.41, 5.74) is 0. The molecule has 0 unspecified atom stereocenters. The fraction of sp³-hybridized carbons (Fsp3) is 0.400. The van der Waals surface area contributed by atoms with Gasteiger partial charge in [-0.25, -0.2) is 18.4 Å². The molecule has 1 aromatic rings. The van der Waals surface area contributed by atoms with Crippen LogP contribution in [-0.4, -0.2) is 23.6 Å². The zero-order valence-corrected chi connectivity index (χ0v) is 9.02. The van der Waals surface area contributed by atoms with Crippen molar-refractivity contribution in [1.29, 1.82) is 0 Å². The Hall–Kier alpha value is -1.23. The van der Waals surface area contributed by atoms with Gasteiger partial charge in [0.25, 0.3) is 0 Å². The summed E-state index contributed by atoms with van der Waals surface area (Å²) in [6, 6.07) is 1.60. The van der Waals surface area contributed by atoms with E-state index >= 15 is 0 Å². The average Bonchev–Trinajstić information content (AvgIpc) is 2.17. The summed E-state index contributed by atoms with van der Waals surface area (Å²) in [7, 11) is -3.32. The second-order valence-corrected chi connectivity index (χ2v) is 5.79. The Morgan fingerprint density at radius 2 is 1.93 bits per heavy atom. The standard InChI is InChI=1S/C10H12N2O2S/c1-2-8-6-9(7-8)15(13,14)10-11-4-3-5-12-10/h2-5,8-9H,1,6-7H2/t8-,9-. The van der Waals surface area contributed by atoms with Gasteiger partial charge in [0.15, 0.2) is 0 Å². The molecule has 0 aliphatic heterocycles. The quantitative estimate of drug-likeness (QED) is 0.572. The number of rotatable bonds is 3. The summed E-state index contributed by atoms with van der Waals surface area (Å²) >= 11 is 0. The molecular formula is C10H12N2O2S. The molecule has 2 rings (SSSR count).